The van der Waals surface area contributed by atoms with Gasteiger partial charge in [0.2, 0.25) is 0 Å². The maximum atomic E-state index is 12.7. The largest absolute Gasteiger partial charge is 0.336 e. The van der Waals surface area contributed by atoms with E-state index in [0.717, 1.165) is 31.6 Å². The predicted molar refractivity (Wildman–Crippen MR) is 82.3 cm³/mol. The van der Waals surface area contributed by atoms with Crippen molar-refractivity contribution in [3.8, 4) is 5.69 Å². The zero-order valence-electron chi connectivity index (χ0n) is 11.6. The molecule has 9 heteroatoms. The molecule has 0 saturated carbocycles. The topological polar surface area (TPSA) is 75.9 Å². The third kappa shape index (κ3) is 3.22. The SMILES string of the molecule is CNC1CCCN(C(=O)c2sccc2-n2cnnn2)C1.Cl. The zero-order valence-corrected chi connectivity index (χ0v) is 13.2. The molecular formula is C12H17ClN6OS. The Bertz CT molecular complexity index is 586. The van der Waals surface area contributed by atoms with Crippen LogP contribution in [0.3, 0.4) is 0 Å². The van der Waals surface area contributed by atoms with Crippen molar-refractivity contribution in [2.45, 2.75) is 18.9 Å². The van der Waals surface area contributed by atoms with Gasteiger partial charge < -0.3 is 10.2 Å². The number of thiophene rings is 1. The molecular weight excluding hydrogens is 312 g/mol. The lowest BCUT2D eigenvalue weighted by molar-refractivity contribution is 0.0703. The van der Waals surface area contributed by atoms with E-state index in [0.29, 0.717) is 10.9 Å². The van der Waals surface area contributed by atoms with Crippen molar-refractivity contribution in [3.63, 3.8) is 0 Å². The van der Waals surface area contributed by atoms with Gasteiger partial charge in [-0.2, -0.15) is 4.68 Å². The predicted octanol–water partition coefficient (Wildman–Crippen LogP) is 0.970. The van der Waals surface area contributed by atoms with Crippen molar-refractivity contribution in [2.24, 2.45) is 0 Å². The van der Waals surface area contributed by atoms with E-state index in [1.165, 1.54) is 22.3 Å². The van der Waals surface area contributed by atoms with Crippen LogP contribution in [-0.4, -0.2) is 57.2 Å². The first-order chi connectivity index (χ1) is 9.79. The Morgan fingerprint density at radius 2 is 2.38 bits per heavy atom. The Labute approximate surface area is 132 Å². The van der Waals surface area contributed by atoms with Gasteiger partial charge in [-0.1, -0.05) is 0 Å². The third-order valence-electron chi connectivity index (χ3n) is 3.55. The normalized spacial score (nSPS) is 18.3. The van der Waals surface area contributed by atoms with E-state index >= 15 is 0 Å². The molecule has 0 spiro atoms. The van der Waals surface area contributed by atoms with E-state index in [-0.39, 0.29) is 18.3 Å². The molecule has 21 heavy (non-hydrogen) atoms. The fourth-order valence-electron chi connectivity index (χ4n) is 2.46. The van der Waals surface area contributed by atoms with Crippen molar-refractivity contribution in [1.82, 2.24) is 30.4 Å². The lowest BCUT2D eigenvalue weighted by atomic mass is 10.1. The summed E-state index contributed by atoms with van der Waals surface area (Å²) in [7, 11) is 1.94. The Hall–Kier alpha value is -1.51. The highest BCUT2D eigenvalue weighted by Crippen LogP contribution is 2.23. The molecule has 114 valence electrons. The summed E-state index contributed by atoms with van der Waals surface area (Å²) in [4.78, 5) is 15.3. The Kier molecular flexibility index (Phi) is 5.27. The number of likely N-dealkylation sites (N-methyl/N-ethyl adjacent to an activating group) is 1. The molecule has 1 aliphatic rings. The van der Waals surface area contributed by atoms with Gasteiger partial charge in [-0.15, -0.1) is 28.8 Å². The number of likely N-dealkylation sites (tertiary alicyclic amines) is 1. The molecule has 7 nitrogen and oxygen atoms in total. The number of hydrogen-bond acceptors (Lipinski definition) is 6. The summed E-state index contributed by atoms with van der Waals surface area (Å²) in [5.41, 5.74) is 0.747. The number of rotatable bonds is 3. The van der Waals surface area contributed by atoms with Gasteiger partial charge in [-0.05, 0) is 41.8 Å². The standard InChI is InChI=1S/C12H16N6OS.ClH/c1-13-9-3-2-5-17(7-9)12(19)11-10(4-6-20-11)18-8-14-15-16-18;/h4,6,8-9,13H,2-3,5,7H2,1H3;1H. The second kappa shape index (κ2) is 6.97. The number of nitrogens with zero attached hydrogens (tertiary/aromatic N) is 5. The maximum Gasteiger partial charge on any atom is 0.266 e. The molecule has 1 fully saturated rings. The van der Waals surface area contributed by atoms with Crippen LogP contribution in [0.2, 0.25) is 0 Å². The van der Waals surface area contributed by atoms with Gasteiger partial charge in [0, 0.05) is 19.1 Å². The van der Waals surface area contributed by atoms with Gasteiger partial charge >= 0.3 is 0 Å². The lowest BCUT2D eigenvalue weighted by Crippen LogP contribution is -2.46. The highest BCUT2D eigenvalue weighted by Gasteiger charge is 2.26. The average molecular weight is 329 g/mol. The zero-order chi connectivity index (χ0) is 13.9. The number of piperidine rings is 1. The number of aromatic nitrogens is 4. The molecule has 1 saturated heterocycles. The lowest BCUT2D eigenvalue weighted by Gasteiger charge is -2.32. The molecule has 2 aromatic rings. The summed E-state index contributed by atoms with van der Waals surface area (Å²) in [6, 6.07) is 2.25. The minimum atomic E-state index is 0. The van der Waals surface area contributed by atoms with E-state index in [9.17, 15) is 4.79 Å². The first-order valence-electron chi connectivity index (χ1n) is 6.57. The van der Waals surface area contributed by atoms with E-state index in [4.69, 9.17) is 0 Å². The van der Waals surface area contributed by atoms with Crippen LogP contribution in [0, 0.1) is 0 Å². The number of tetrazole rings is 1. The molecule has 2 aromatic heterocycles. The Balaban J connectivity index is 0.00000161. The number of nitrogens with one attached hydrogen (secondary N) is 1. The minimum absolute atomic E-state index is 0. The monoisotopic (exact) mass is 328 g/mol. The molecule has 1 N–H and O–H groups in total. The van der Waals surface area contributed by atoms with Crippen LogP contribution >= 0.6 is 23.7 Å². The number of carbonyl (C=O) groups excluding carboxylic acids is 1. The smallest absolute Gasteiger partial charge is 0.266 e. The molecule has 0 bridgehead atoms. The van der Waals surface area contributed by atoms with E-state index < -0.39 is 0 Å². The van der Waals surface area contributed by atoms with Crippen LogP contribution in [0.5, 0.6) is 0 Å². The van der Waals surface area contributed by atoms with Crippen molar-refractivity contribution in [3.05, 3.63) is 22.7 Å². The van der Waals surface area contributed by atoms with E-state index in [2.05, 4.69) is 20.8 Å². The molecule has 0 aromatic carbocycles. The summed E-state index contributed by atoms with van der Waals surface area (Å²) >= 11 is 1.43. The second-order valence-electron chi connectivity index (χ2n) is 4.77. The quantitative estimate of drug-likeness (QED) is 0.908. The van der Waals surface area contributed by atoms with Crippen LogP contribution in [0.15, 0.2) is 17.8 Å². The fraction of sp³-hybridized carbons (Fsp3) is 0.500. The number of hydrogen-bond donors (Lipinski definition) is 1. The molecule has 0 radical (unpaired) electrons. The van der Waals surface area contributed by atoms with Crippen LogP contribution in [-0.2, 0) is 0 Å². The van der Waals surface area contributed by atoms with Gasteiger partial charge in [0.15, 0.2) is 0 Å². The van der Waals surface area contributed by atoms with Crippen LogP contribution < -0.4 is 5.32 Å². The molecule has 0 aliphatic carbocycles. The summed E-state index contributed by atoms with van der Waals surface area (Å²) in [5.74, 6) is 0.0606. The number of carbonyl (C=O) groups is 1. The summed E-state index contributed by atoms with van der Waals surface area (Å²) < 4.78 is 1.53. The first kappa shape index (κ1) is 15.9. The van der Waals surface area contributed by atoms with Crippen molar-refractivity contribution >= 4 is 29.7 Å². The summed E-state index contributed by atoms with van der Waals surface area (Å²) in [6.45, 7) is 1.56. The van der Waals surface area contributed by atoms with Gasteiger partial charge in [0.05, 0.1) is 5.69 Å². The van der Waals surface area contributed by atoms with Crippen molar-refractivity contribution < 1.29 is 4.79 Å². The second-order valence-corrected chi connectivity index (χ2v) is 5.68. The van der Waals surface area contributed by atoms with E-state index in [1.54, 1.807) is 0 Å². The fourth-order valence-corrected chi connectivity index (χ4v) is 3.30. The summed E-state index contributed by atoms with van der Waals surface area (Å²) in [6.07, 6.45) is 3.65. The third-order valence-corrected chi connectivity index (χ3v) is 4.44. The first-order valence-corrected chi connectivity index (χ1v) is 7.45. The minimum Gasteiger partial charge on any atom is -0.336 e. The van der Waals surface area contributed by atoms with Gasteiger partial charge in [-0.3, -0.25) is 4.79 Å². The van der Waals surface area contributed by atoms with Crippen molar-refractivity contribution in [1.29, 1.82) is 0 Å². The molecule has 3 heterocycles. The Morgan fingerprint density at radius 1 is 1.52 bits per heavy atom. The molecule has 1 unspecified atom stereocenters. The maximum absolute atomic E-state index is 12.7. The summed E-state index contributed by atoms with van der Waals surface area (Å²) in [5, 5.41) is 16.2. The Morgan fingerprint density at radius 3 is 3.10 bits per heavy atom. The molecule has 1 aliphatic heterocycles. The van der Waals surface area contributed by atoms with Crippen LogP contribution in [0.4, 0.5) is 0 Å². The van der Waals surface area contributed by atoms with Gasteiger partial charge in [0.1, 0.15) is 11.2 Å². The molecule has 3 rings (SSSR count). The van der Waals surface area contributed by atoms with Crippen LogP contribution in [0.1, 0.15) is 22.5 Å². The van der Waals surface area contributed by atoms with Crippen LogP contribution in [0.25, 0.3) is 5.69 Å². The highest BCUT2D eigenvalue weighted by molar-refractivity contribution is 7.12. The highest BCUT2D eigenvalue weighted by atomic mass is 35.5. The molecule has 1 amide bonds. The van der Waals surface area contributed by atoms with Crippen molar-refractivity contribution in [2.75, 3.05) is 20.1 Å². The number of halogens is 1. The average Bonchev–Trinajstić information content (AvgIpc) is 3.16. The van der Waals surface area contributed by atoms with E-state index in [1.807, 2.05) is 23.4 Å². The van der Waals surface area contributed by atoms with Gasteiger partial charge in [-0.25, -0.2) is 0 Å². The molecule has 1 atom stereocenters. The van der Waals surface area contributed by atoms with Gasteiger partial charge in [0.25, 0.3) is 5.91 Å². The number of amides is 1.